The number of carboxylic acid groups (broad SMARTS) is 1. The molecule has 160 valence electrons. The van der Waals surface area contributed by atoms with E-state index in [9.17, 15) is 9.90 Å². The summed E-state index contributed by atoms with van der Waals surface area (Å²) in [4.78, 5) is 14.1. The van der Waals surface area contributed by atoms with Gasteiger partial charge in [0.2, 0.25) is 0 Å². The van der Waals surface area contributed by atoms with Crippen molar-refractivity contribution in [2.45, 2.75) is 69.9 Å². The standard InChI is InChI=1S/C19H31BN2O4.2ClH/c1-2-22-14-16-8-4-3-7-15(16)13-17(22)9-11-19(21,18(23)24)10-5-6-12-20(25)26;;/h3-4,7-8,17,25-26H,2,5-6,9-14,21H2,1H3,(H,23,24);2*1H. The number of likely N-dealkylation sites (N-methyl/N-ethyl adjacent to an activating group) is 1. The van der Waals surface area contributed by atoms with Crippen LogP contribution in [0.2, 0.25) is 6.32 Å². The first-order chi connectivity index (χ1) is 12.4. The lowest BCUT2D eigenvalue weighted by atomic mass is 9.80. The van der Waals surface area contributed by atoms with Crippen molar-refractivity contribution >= 4 is 37.9 Å². The molecular weight excluding hydrogens is 402 g/mol. The van der Waals surface area contributed by atoms with Crippen LogP contribution in [0.1, 0.15) is 50.2 Å². The largest absolute Gasteiger partial charge is 0.480 e. The number of hydrogen-bond donors (Lipinski definition) is 4. The van der Waals surface area contributed by atoms with Crippen LogP contribution >= 0.6 is 24.8 Å². The van der Waals surface area contributed by atoms with Crippen molar-refractivity contribution in [2.75, 3.05) is 6.54 Å². The molecule has 0 aromatic heterocycles. The van der Waals surface area contributed by atoms with Crippen LogP contribution in [0.25, 0.3) is 0 Å². The molecule has 0 fully saturated rings. The molecule has 1 aromatic rings. The van der Waals surface area contributed by atoms with Crippen LogP contribution in [0.15, 0.2) is 24.3 Å². The molecule has 2 rings (SSSR count). The average molecular weight is 435 g/mol. The fraction of sp³-hybridized carbons (Fsp3) is 0.632. The minimum absolute atomic E-state index is 0. The summed E-state index contributed by atoms with van der Waals surface area (Å²) in [6.07, 6.45) is 3.83. The number of halogens is 2. The first-order valence-electron chi connectivity index (χ1n) is 9.55. The third-order valence-electron chi connectivity index (χ3n) is 5.55. The summed E-state index contributed by atoms with van der Waals surface area (Å²) in [5.41, 5.74) is 7.66. The molecule has 0 aliphatic carbocycles. The van der Waals surface area contributed by atoms with E-state index in [1.54, 1.807) is 0 Å². The van der Waals surface area contributed by atoms with Crippen molar-refractivity contribution in [3.05, 3.63) is 35.4 Å². The molecule has 0 bridgehead atoms. The Morgan fingerprint density at radius 1 is 1.21 bits per heavy atom. The fourth-order valence-corrected chi connectivity index (χ4v) is 3.83. The Hall–Kier alpha value is -0.825. The smallest absolute Gasteiger partial charge is 0.451 e. The molecule has 2 atom stereocenters. The normalized spacial score (nSPS) is 18.2. The summed E-state index contributed by atoms with van der Waals surface area (Å²) >= 11 is 0. The Bertz CT molecular complexity index is 609. The lowest BCUT2D eigenvalue weighted by Crippen LogP contribution is -2.50. The third-order valence-corrected chi connectivity index (χ3v) is 5.55. The molecule has 1 aliphatic rings. The summed E-state index contributed by atoms with van der Waals surface area (Å²) in [5.74, 6) is -0.971. The van der Waals surface area contributed by atoms with Crippen LogP contribution in [0, 0.1) is 0 Å². The van der Waals surface area contributed by atoms with E-state index in [1.165, 1.54) is 11.1 Å². The van der Waals surface area contributed by atoms with E-state index in [0.717, 1.165) is 25.9 Å². The number of carbonyl (C=O) groups is 1. The Morgan fingerprint density at radius 3 is 2.43 bits per heavy atom. The van der Waals surface area contributed by atoms with Crippen molar-refractivity contribution in [3.8, 4) is 0 Å². The predicted octanol–water partition coefficient (Wildman–Crippen LogP) is 2.48. The maximum Gasteiger partial charge on any atom is 0.451 e. The van der Waals surface area contributed by atoms with Crippen LogP contribution in [-0.4, -0.2) is 51.3 Å². The average Bonchev–Trinajstić information content (AvgIpc) is 2.62. The van der Waals surface area contributed by atoms with Gasteiger partial charge < -0.3 is 20.9 Å². The number of aliphatic carboxylic acids is 1. The van der Waals surface area contributed by atoms with Crippen LogP contribution in [-0.2, 0) is 17.8 Å². The van der Waals surface area contributed by atoms with E-state index in [1.807, 2.05) is 0 Å². The van der Waals surface area contributed by atoms with E-state index in [-0.39, 0.29) is 31.1 Å². The molecule has 0 saturated heterocycles. The maximum absolute atomic E-state index is 11.7. The molecule has 6 nitrogen and oxygen atoms in total. The molecule has 1 aromatic carbocycles. The number of carboxylic acids is 1. The van der Waals surface area contributed by atoms with Crippen LogP contribution in [0.4, 0.5) is 0 Å². The third kappa shape index (κ3) is 7.54. The van der Waals surface area contributed by atoms with E-state index in [0.29, 0.717) is 31.7 Å². The van der Waals surface area contributed by atoms with E-state index in [4.69, 9.17) is 15.8 Å². The number of nitrogens with zero attached hydrogens (tertiary/aromatic N) is 1. The van der Waals surface area contributed by atoms with Gasteiger partial charge in [0.05, 0.1) is 0 Å². The number of nitrogens with two attached hydrogens (primary N) is 1. The summed E-state index contributed by atoms with van der Waals surface area (Å²) in [5, 5.41) is 27.4. The molecule has 1 heterocycles. The summed E-state index contributed by atoms with van der Waals surface area (Å²) in [6, 6.07) is 8.73. The van der Waals surface area contributed by atoms with Gasteiger partial charge in [0.25, 0.3) is 0 Å². The Balaban J connectivity index is 0.00000364. The summed E-state index contributed by atoms with van der Waals surface area (Å²) < 4.78 is 0. The molecular formula is C19H33BCl2N2O4. The Morgan fingerprint density at radius 2 is 1.86 bits per heavy atom. The minimum atomic E-state index is -1.34. The molecule has 2 unspecified atom stereocenters. The molecule has 0 spiro atoms. The maximum atomic E-state index is 11.7. The molecule has 0 saturated carbocycles. The minimum Gasteiger partial charge on any atom is -0.480 e. The second-order valence-corrected chi connectivity index (χ2v) is 7.42. The fourth-order valence-electron chi connectivity index (χ4n) is 3.83. The van der Waals surface area contributed by atoms with Crippen molar-refractivity contribution in [3.63, 3.8) is 0 Å². The highest BCUT2D eigenvalue weighted by atomic mass is 35.5. The van der Waals surface area contributed by atoms with Gasteiger partial charge in [-0.05, 0) is 49.7 Å². The zero-order valence-corrected chi connectivity index (χ0v) is 18.1. The van der Waals surface area contributed by atoms with Gasteiger partial charge in [-0.2, -0.15) is 0 Å². The SMILES string of the molecule is CCN1Cc2ccccc2CC1CCC(N)(CCCCB(O)O)C(=O)O.Cl.Cl. The lowest BCUT2D eigenvalue weighted by molar-refractivity contribution is -0.144. The van der Waals surface area contributed by atoms with Crippen molar-refractivity contribution in [2.24, 2.45) is 5.73 Å². The topological polar surface area (TPSA) is 107 Å². The number of unbranched alkanes of at least 4 members (excludes halogenated alkanes) is 1. The van der Waals surface area contributed by atoms with Gasteiger partial charge in [0.1, 0.15) is 5.54 Å². The molecule has 5 N–H and O–H groups in total. The molecule has 0 radical (unpaired) electrons. The van der Waals surface area contributed by atoms with Gasteiger partial charge in [0, 0.05) is 12.6 Å². The molecule has 28 heavy (non-hydrogen) atoms. The number of rotatable bonds is 10. The first kappa shape index (κ1) is 27.2. The van der Waals surface area contributed by atoms with E-state index in [2.05, 4.69) is 36.1 Å². The van der Waals surface area contributed by atoms with Crippen molar-refractivity contribution in [1.82, 2.24) is 4.90 Å². The Kier molecular flexibility index (Phi) is 12.3. The van der Waals surface area contributed by atoms with E-state index < -0.39 is 18.6 Å². The highest BCUT2D eigenvalue weighted by Crippen LogP contribution is 2.28. The van der Waals surface area contributed by atoms with Gasteiger partial charge >= 0.3 is 13.1 Å². The quantitative estimate of drug-likeness (QED) is 0.333. The van der Waals surface area contributed by atoms with Crippen molar-refractivity contribution in [1.29, 1.82) is 0 Å². The van der Waals surface area contributed by atoms with Gasteiger partial charge in [0.15, 0.2) is 0 Å². The highest BCUT2D eigenvalue weighted by Gasteiger charge is 2.35. The first-order valence-corrected chi connectivity index (χ1v) is 9.55. The number of benzene rings is 1. The zero-order chi connectivity index (χ0) is 19.2. The number of fused-ring (bicyclic) bond motifs is 1. The van der Waals surface area contributed by atoms with Crippen molar-refractivity contribution < 1.29 is 19.9 Å². The van der Waals surface area contributed by atoms with Gasteiger partial charge in [-0.1, -0.05) is 44.0 Å². The second kappa shape index (κ2) is 12.7. The van der Waals surface area contributed by atoms with Crippen LogP contribution in [0.5, 0.6) is 0 Å². The Labute approximate surface area is 180 Å². The monoisotopic (exact) mass is 434 g/mol. The van der Waals surface area contributed by atoms with Crippen LogP contribution in [0.3, 0.4) is 0 Å². The molecule has 1 aliphatic heterocycles. The van der Waals surface area contributed by atoms with Crippen LogP contribution < -0.4 is 5.73 Å². The highest BCUT2D eigenvalue weighted by molar-refractivity contribution is 6.40. The summed E-state index contributed by atoms with van der Waals surface area (Å²) in [6.45, 7) is 3.96. The number of hydrogen-bond acceptors (Lipinski definition) is 5. The zero-order valence-electron chi connectivity index (χ0n) is 16.4. The van der Waals surface area contributed by atoms with E-state index >= 15 is 0 Å². The van der Waals surface area contributed by atoms with Gasteiger partial charge in [-0.15, -0.1) is 24.8 Å². The second-order valence-electron chi connectivity index (χ2n) is 7.42. The lowest BCUT2D eigenvalue weighted by Gasteiger charge is -2.38. The summed E-state index contributed by atoms with van der Waals surface area (Å²) in [7, 11) is -1.34. The molecule has 0 amide bonds. The van der Waals surface area contributed by atoms with Gasteiger partial charge in [-0.3, -0.25) is 9.69 Å². The van der Waals surface area contributed by atoms with Gasteiger partial charge in [-0.25, -0.2) is 0 Å². The molecule has 9 heteroatoms. The predicted molar refractivity (Wildman–Crippen MR) is 117 cm³/mol.